The van der Waals surface area contributed by atoms with Gasteiger partial charge in [0.15, 0.2) is 0 Å². The summed E-state index contributed by atoms with van der Waals surface area (Å²) < 4.78 is 26.9. The lowest BCUT2D eigenvalue weighted by Crippen LogP contribution is -2.26. The van der Waals surface area contributed by atoms with E-state index in [1.807, 2.05) is 0 Å². The van der Waals surface area contributed by atoms with Crippen molar-refractivity contribution in [3.63, 3.8) is 0 Å². The normalized spacial score (nSPS) is 12.3. The Morgan fingerprint density at radius 2 is 2.05 bits per heavy atom. The second-order valence-electron chi connectivity index (χ2n) is 5.12. The van der Waals surface area contributed by atoms with Crippen LogP contribution in [0.4, 0.5) is 0 Å². The summed E-state index contributed by atoms with van der Waals surface area (Å²) in [6.07, 6.45) is 2.97. The van der Waals surface area contributed by atoms with Crippen molar-refractivity contribution in [2.24, 2.45) is 11.7 Å². The van der Waals surface area contributed by atoms with Crippen molar-refractivity contribution >= 4 is 10.0 Å². The van der Waals surface area contributed by atoms with E-state index in [1.165, 1.54) is 0 Å². The molecule has 6 nitrogen and oxygen atoms in total. The molecule has 0 fully saturated rings. The number of sulfonamides is 1. The van der Waals surface area contributed by atoms with Crippen molar-refractivity contribution in [3.8, 4) is 0 Å². The fourth-order valence-corrected chi connectivity index (χ4v) is 3.37. The van der Waals surface area contributed by atoms with E-state index in [-0.39, 0.29) is 11.4 Å². The number of hydrogen-bond acceptors (Lipinski definition) is 4. The Kier molecular flexibility index (Phi) is 5.96. The van der Waals surface area contributed by atoms with Crippen LogP contribution >= 0.6 is 0 Å². The molecular formula is C12H24N4O2S. The Morgan fingerprint density at radius 1 is 1.37 bits per heavy atom. The molecule has 0 saturated heterocycles. The summed E-state index contributed by atoms with van der Waals surface area (Å²) in [5.74, 6) is 0.650. The van der Waals surface area contributed by atoms with E-state index in [0.29, 0.717) is 23.9 Å². The molecule has 0 aliphatic rings. The number of nitrogens with one attached hydrogen (secondary N) is 2. The molecular weight excluding hydrogens is 264 g/mol. The van der Waals surface area contributed by atoms with Crippen LogP contribution in [0.1, 0.15) is 44.5 Å². The Morgan fingerprint density at radius 3 is 2.63 bits per heavy atom. The predicted octanol–water partition coefficient (Wildman–Crippen LogP) is 1.28. The van der Waals surface area contributed by atoms with Crippen LogP contribution in [0.3, 0.4) is 0 Å². The van der Waals surface area contributed by atoms with Gasteiger partial charge in [0.1, 0.15) is 4.90 Å². The third-order valence-electron chi connectivity index (χ3n) is 2.92. The maximum atomic E-state index is 12.2. The maximum absolute atomic E-state index is 12.2. The van der Waals surface area contributed by atoms with Crippen LogP contribution in [0, 0.1) is 12.8 Å². The van der Waals surface area contributed by atoms with E-state index in [9.17, 15) is 8.42 Å². The molecule has 0 aliphatic carbocycles. The van der Waals surface area contributed by atoms with Gasteiger partial charge >= 0.3 is 0 Å². The molecule has 19 heavy (non-hydrogen) atoms. The molecule has 0 saturated carbocycles. The summed E-state index contributed by atoms with van der Waals surface area (Å²) in [5, 5.41) is 6.56. The third-order valence-corrected chi connectivity index (χ3v) is 4.59. The molecule has 1 aromatic rings. The van der Waals surface area contributed by atoms with Crippen LogP contribution < -0.4 is 10.5 Å². The molecule has 1 aromatic heterocycles. The van der Waals surface area contributed by atoms with Crippen molar-refractivity contribution < 1.29 is 8.42 Å². The van der Waals surface area contributed by atoms with Crippen LogP contribution in [-0.2, 0) is 16.6 Å². The van der Waals surface area contributed by atoms with Gasteiger partial charge in [0.2, 0.25) is 10.0 Å². The van der Waals surface area contributed by atoms with Gasteiger partial charge in [0, 0.05) is 13.1 Å². The van der Waals surface area contributed by atoms with E-state index < -0.39 is 10.0 Å². The average Bonchev–Trinajstić information content (AvgIpc) is 2.70. The highest BCUT2D eigenvalue weighted by molar-refractivity contribution is 7.89. The van der Waals surface area contributed by atoms with Crippen molar-refractivity contribution in [3.05, 3.63) is 11.4 Å². The molecule has 0 aromatic carbocycles. The second kappa shape index (κ2) is 7.02. The van der Waals surface area contributed by atoms with E-state index in [2.05, 4.69) is 28.8 Å². The molecule has 0 aliphatic heterocycles. The Hall–Kier alpha value is -0.920. The molecule has 0 amide bonds. The summed E-state index contributed by atoms with van der Waals surface area (Å²) in [4.78, 5) is 0.193. The largest absolute Gasteiger partial charge is 0.325 e. The topological polar surface area (TPSA) is 101 Å². The summed E-state index contributed by atoms with van der Waals surface area (Å²) in [6.45, 7) is 6.55. The number of hydrogen-bond donors (Lipinski definition) is 3. The Labute approximate surface area is 115 Å². The smallest absolute Gasteiger partial charge is 0.244 e. The van der Waals surface area contributed by atoms with Crippen molar-refractivity contribution in [2.45, 2.75) is 51.5 Å². The fourth-order valence-electron chi connectivity index (χ4n) is 1.92. The number of H-pyrrole nitrogens is 1. The molecule has 0 atom stereocenters. The van der Waals surface area contributed by atoms with Gasteiger partial charge in [0.25, 0.3) is 0 Å². The zero-order valence-electron chi connectivity index (χ0n) is 11.9. The summed E-state index contributed by atoms with van der Waals surface area (Å²) >= 11 is 0. The zero-order valence-corrected chi connectivity index (χ0v) is 12.7. The number of nitrogens with zero attached hydrogens (tertiary/aromatic N) is 1. The van der Waals surface area contributed by atoms with E-state index in [1.54, 1.807) is 6.92 Å². The molecule has 110 valence electrons. The van der Waals surface area contributed by atoms with E-state index >= 15 is 0 Å². The highest BCUT2D eigenvalue weighted by Crippen LogP contribution is 2.17. The highest BCUT2D eigenvalue weighted by Gasteiger charge is 2.22. The molecule has 1 heterocycles. The lowest BCUT2D eigenvalue weighted by molar-refractivity contribution is 0.530. The van der Waals surface area contributed by atoms with Crippen molar-refractivity contribution in [1.82, 2.24) is 14.9 Å². The first-order valence-electron chi connectivity index (χ1n) is 6.62. The monoisotopic (exact) mass is 288 g/mol. The molecule has 0 radical (unpaired) electrons. The molecule has 0 bridgehead atoms. The quantitative estimate of drug-likeness (QED) is 0.627. The Bertz CT molecular complexity index is 494. The third kappa shape index (κ3) is 4.59. The van der Waals surface area contributed by atoms with Crippen molar-refractivity contribution in [2.75, 3.05) is 6.54 Å². The number of unbranched alkanes of at least 4 members (excludes halogenated alkanes) is 1. The number of aryl methyl sites for hydroxylation is 1. The standard InChI is InChI=1S/C12H24N4O2S/c1-9(2)6-4-5-7-14-19(17,18)12-10(3)15-16-11(12)8-13/h9,14H,4-8,13H2,1-3H3,(H,15,16). The molecule has 4 N–H and O–H groups in total. The van der Waals surface area contributed by atoms with Gasteiger partial charge in [-0.05, 0) is 19.3 Å². The fraction of sp³-hybridized carbons (Fsp3) is 0.750. The lowest BCUT2D eigenvalue weighted by atomic mass is 10.1. The van der Waals surface area contributed by atoms with Gasteiger partial charge in [-0.3, -0.25) is 5.10 Å². The first-order chi connectivity index (χ1) is 8.88. The van der Waals surface area contributed by atoms with Crippen LogP contribution in [-0.4, -0.2) is 25.2 Å². The zero-order chi connectivity index (χ0) is 14.5. The van der Waals surface area contributed by atoms with Gasteiger partial charge in [0.05, 0.1) is 11.4 Å². The van der Waals surface area contributed by atoms with Crippen LogP contribution in [0.2, 0.25) is 0 Å². The van der Waals surface area contributed by atoms with Gasteiger partial charge in [-0.2, -0.15) is 5.10 Å². The molecule has 1 rings (SSSR count). The van der Waals surface area contributed by atoms with Gasteiger partial charge < -0.3 is 5.73 Å². The van der Waals surface area contributed by atoms with E-state index in [4.69, 9.17) is 5.73 Å². The number of aromatic amines is 1. The van der Waals surface area contributed by atoms with Crippen LogP contribution in [0.5, 0.6) is 0 Å². The van der Waals surface area contributed by atoms with Gasteiger partial charge in [-0.1, -0.05) is 26.7 Å². The average molecular weight is 288 g/mol. The molecule has 7 heteroatoms. The molecule has 0 unspecified atom stereocenters. The minimum Gasteiger partial charge on any atom is -0.325 e. The van der Waals surface area contributed by atoms with Crippen LogP contribution in [0.25, 0.3) is 0 Å². The SMILES string of the molecule is Cc1[nH]nc(CN)c1S(=O)(=O)NCCCCC(C)C. The number of nitrogens with two attached hydrogens (primary N) is 1. The van der Waals surface area contributed by atoms with E-state index in [0.717, 1.165) is 19.3 Å². The predicted molar refractivity (Wildman–Crippen MR) is 75.1 cm³/mol. The number of rotatable bonds is 8. The number of aromatic nitrogens is 2. The lowest BCUT2D eigenvalue weighted by Gasteiger charge is -2.08. The van der Waals surface area contributed by atoms with Crippen LogP contribution in [0.15, 0.2) is 4.90 Å². The van der Waals surface area contributed by atoms with Gasteiger partial charge in [-0.15, -0.1) is 0 Å². The summed E-state index contributed by atoms with van der Waals surface area (Å²) in [7, 11) is -3.51. The first-order valence-corrected chi connectivity index (χ1v) is 8.10. The summed E-state index contributed by atoms with van der Waals surface area (Å²) in [6, 6.07) is 0. The van der Waals surface area contributed by atoms with Gasteiger partial charge in [-0.25, -0.2) is 13.1 Å². The first kappa shape index (κ1) is 16.1. The maximum Gasteiger partial charge on any atom is 0.244 e. The Balaban J connectivity index is 2.59. The molecule has 0 spiro atoms. The highest BCUT2D eigenvalue weighted by atomic mass is 32.2. The minimum absolute atomic E-state index is 0.105. The second-order valence-corrected chi connectivity index (χ2v) is 6.82. The minimum atomic E-state index is -3.51. The van der Waals surface area contributed by atoms with Crippen molar-refractivity contribution in [1.29, 1.82) is 0 Å². The summed E-state index contributed by atoms with van der Waals surface area (Å²) in [5.41, 5.74) is 6.40.